The molecule has 0 saturated heterocycles. The summed E-state index contributed by atoms with van der Waals surface area (Å²) in [5, 5.41) is 15.3. The molecule has 0 aliphatic carbocycles. The zero-order valence-electron chi connectivity index (χ0n) is 3.85. The third kappa shape index (κ3) is 406. The first-order valence-electron chi connectivity index (χ1n) is 0.632. The monoisotopic (exact) mass is 172 g/mol. The summed E-state index contributed by atoms with van der Waals surface area (Å²) in [6.07, 6.45) is -2.08. The van der Waals surface area contributed by atoms with Crippen LogP contribution in [0.25, 0.3) is 0 Å². The van der Waals surface area contributed by atoms with Crippen molar-refractivity contribution in [1.29, 1.82) is 0 Å². The van der Waals surface area contributed by atoms with Crippen molar-refractivity contribution in [3.05, 3.63) is 0 Å². The molecule has 48 valence electrons. The van der Waals surface area contributed by atoms with Crippen LogP contribution < -0.4 is 17.5 Å². The Kier molecular flexibility index (Phi) is 118. The Balaban J connectivity index is -0.00000000750. The van der Waals surface area contributed by atoms with Crippen LogP contribution in [0.5, 0.6) is 0 Å². The molecular formula is CH5CaClO5. The molecule has 0 aromatic heterocycles. The van der Waals surface area contributed by atoms with Gasteiger partial charge in [-0.1, -0.05) is 0 Å². The van der Waals surface area contributed by atoms with E-state index >= 15 is 0 Å². The molecule has 0 amide bonds. The molecule has 0 aliphatic rings. The van der Waals surface area contributed by atoms with Crippen molar-refractivity contribution in [3.8, 4) is 0 Å². The normalized spacial score (nSPS) is 3.00. The van der Waals surface area contributed by atoms with E-state index in [1.165, 1.54) is 0 Å². The molecule has 5 N–H and O–H groups in total. The molecule has 0 rings (SSSR count). The van der Waals surface area contributed by atoms with E-state index < -0.39 is 6.16 Å². The summed E-state index contributed by atoms with van der Waals surface area (Å²) >= 11 is 0. The molecule has 5 nitrogen and oxygen atoms in total. The Morgan fingerprint density at radius 2 is 1.38 bits per heavy atom. The Labute approximate surface area is 81.7 Å². The molecule has 8 heavy (non-hydrogen) atoms. The van der Waals surface area contributed by atoms with E-state index in [4.69, 9.17) is 15.0 Å². The van der Waals surface area contributed by atoms with Gasteiger partial charge in [0, 0.05) is 0 Å². The van der Waals surface area contributed by atoms with Gasteiger partial charge in [0.15, 0.2) is 0 Å². The van der Waals surface area contributed by atoms with Gasteiger partial charge < -0.3 is 38.4 Å². The molecule has 0 aromatic rings. The molecular weight excluding hydrogens is 168 g/mol. The van der Waals surface area contributed by atoms with Crippen LogP contribution in [0.1, 0.15) is 0 Å². The van der Waals surface area contributed by atoms with Crippen LogP contribution in [-0.4, -0.2) is 60.0 Å². The average molecular weight is 173 g/mol. The molecule has 7 heteroatoms. The second kappa shape index (κ2) is 25.1. The Morgan fingerprint density at radius 3 is 1.38 bits per heavy atom. The third-order valence-corrected chi connectivity index (χ3v) is 0. The minimum atomic E-state index is -2.08. The van der Waals surface area contributed by atoms with E-state index in [-0.39, 0.29) is 61.1 Å². The molecule has 0 atom stereocenters. The molecule has 0 radical (unpaired) electrons. The summed E-state index contributed by atoms with van der Waals surface area (Å²) in [6.45, 7) is 0. The van der Waals surface area contributed by atoms with Crippen LogP contribution >= 0.6 is 0 Å². The smallest absolute Gasteiger partial charge is 1.00 e. The summed E-state index contributed by atoms with van der Waals surface area (Å²) in [4.78, 5) is 8.44. The van der Waals surface area contributed by atoms with Gasteiger partial charge in [-0.25, -0.2) is 0 Å². The standard InChI is InChI=1S/CH2O3.Ca.ClH.2H2O/c2-1(3)4;;;;/h(H2,2,3,4);;1H;2*1H2/q;+2;;;/p-2. The van der Waals surface area contributed by atoms with Gasteiger partial charge >= 0.3 is 37.7 Å². The van der Waals surface area contributed by atoms with E-state index in [0.717, 1.165) is 0 Å². The van der Waals surface area contributed by atoms with Crippen LogP contribution in [0.4, 0.5) is 4.79 Å². The molecule has 0 saturated carbocycles. The van der Waals surface area contributed by atoms with Gasteiger partial charge in [-0.3, -0.25) is 0 Å². The quantitative estimate of drug-likeness (QED) is 0.366. The summed E-state index contributed by atoms with van der Waals surface area (Å²) in [7, 11) is 0. The maximum atomic E-state index is 8.44. The minimum Gasteiger partial charge on any atom is -1.00 e. The first-order valence-corrected chi connectivity index (χ1v) is 0.632. The topological polar surface area (TPSA) is 123 Å². The first kappa shape index (κ1) is 37.4. The van der Waals surface area contributed by atoms with Crippen molar-refractivity contribution >= 4 is 43.9 Å². The number of hydrogen-bond donors (Lipinski definition) is 1. The van der Waals surface area contributed by atoms with Crippen LogP contribution in [0.2, 0.25) is 0 Å². The number of halogens is 1. The van der Waals surface area contributed by atoms with Crippen LogP contribution in [-0.2, 0) is 0 Å². The summed E-state index contributed by atoms with van der Waals surface area (Å²) < 4.78 is 0. The van der Waals surface area contributed by atoms with Crippen molar-refractivity contribution in [2.45, 2.75) is 0 Å². The zero-order chi connectivity index (χ0) is 3.58. The van der Waals surface area contributed by atoms with Crippen molar-refractivity contribution < 1.29 is 38.4 Å². The Bertz CT molecular complexity index is 35.4. The molecule has 0 aliphatic heterocycles. The fourth-order valence-electron chi connectivity index (χ4n) is 0. The van der Waals surface area contributed by atoms with E-state index in [9.17, 15) is 0 Å². The number of carbonyl (C=O) groups is 1. The first-order chi connectivity index (χ1) is 1.73. The van der Waals surface area contributed by atoms with E-state index in [1.54, 1.807) is 0 Å². The number of carboxylic acid groups (broad SMARTS) is 2. The summed E-state index contributed by atoms with van der Waals surface area (Å²) in [5.41, 5.74) is 0. The van der Waals surface area contributed by atoms with Gasteiger partial charge in [0.05, 0.1) is 0 Å². The van der Waals surface area contributed by atoms with Gasteiger partial charge in [-0.05, 0) is 0 Å². The van der Waals surface area contributed by atoms with Gasteiger partial charge in [0.25, 0.3) is 0 Å². The van der Waals surface area contributed by atoms with Crippen molar-refractivity contribution in [2.75, 3.05) is 0 Å². The summed E-state index contributed by atoms with van der Waals surface area (Å²) in [6, 6.07) is 0. The van der Waals surface area contributed by atoms with Crippen LogP contribution in [0.3, 0.4) is 0 Å². The van der Waals surface area contributed by atoms with E-state index in [2.05, 4.69) is 0 Å². The Hall–Kier alpha value is 0.740. The molecule has 0 spiro atoms. The van der Waals surface area contributed by atoms with Gasteiger partial charge in [0.1, 0.15) is 0 Å². The third-order valence-electron chi connectivity index (χ3n) is 0. The van der Waals surface area contributed by atoms with E-state index in [0.29, 0.717) is 0 Å². The molecule has 0 bridgehead atoms. The second-order valence-electron chi connectivity index (χ2n) is 0.266. The van der Waals surface area contributed by atoms with Gasteiger partial charge in [-0.15, -0.1) is 0 Å². The van der Waals surface area contributed by atoms with Gasteiger partial charge in [0.2, 0.25) is 6.16 Å². The van der Waals surface area contributed by atoms with E-state index in [1.807, 2.05) is 0 Å². The fourth-order valence-corrected chi connectivity index (χ4v) is 0. The maximum absolute atomic E-state index is 8.44. The molecule has 0 fully saturated rings. The second-order valence-corrected chi connectivity index (χ2v) is 0.266. The van der Waals surface area contributed by atoms with Gasteiger partial charge in [-0.2, -0.15) is 0 Å². The molecule has 0 heterocycles. The molecule has 0 aromatic carbocycles. The predicted molar refractivity (Wildman–Crippen MR) is 21.0 cm³/mol. The van der Waals surface area contributed by atoms with Crippen LogP contribution in [0.15, 0.2) is 0 Å². The maximum Gasteiger partial charge on any atom is 2.00 e. The summed E-state index contributed by atoms with van der Waals surface area (Å²) in [5.74, 6) is 0. The number of hydrogen-bond acceptors (Lipinski definition) is 2. The SMILES string of the molecule is O.O.O=C([O-])O.[Ca+2].[Cl-]. The minimum absolute atomic E-state index is 0. The zero-order valence-corrected chi connectivity index (χ0v) is 6.81. The van der Waals surface area contributed by atoms with Crippen molar-refractivity contribution in [2.24, 2.45) is 0 Å². The predicted octanol–water partition coefficient (Wildman–Crippen LogP) is -6.14. The van der Waals surface area contributed by atoms with Crippen molar-refractivity contribution in [1.82, 2.24) is 0 Å². The average Bonchev–Trinajstić information content (AvgIpc) is 0.811. The van der Waals surface area contributed by atoms with Crippen LogP contribution in [0, 0.1) is 0 Å². The molecule has 0 unspecified atom stereocenters. The Morgan fingerprint density at radius 1 is 1.38 bits per heavy atom. The largest absolute Gasteiger partial charge is 2.00 e. The fraction of sp³-hybridized carbons (Fsp3) is 0. The number of rotatable bonds is 0. The van der Waals surface area contributed by atoms with Crippen molar-refractivity contribution in [3.63, 3.8) is 0 Å².